The van der Waals surface area contributed by atoms with Crippen molar-refractivity contribution in [1.82, 2.24) is 15.0 Å². The van der Waals surface area contributed by atoms with Crippen molar-refractivity contribution < 1.29 is 4.74 Å². The number of ether oxygens (including phenoxy) is 1. The normalized spacial score (nSPS) is 19.1. The van der Waals surface area contributed by atoms with Crippen LogP contribution < -0.4 is 9.64 Å². The van der Waals surface area contributed by atoms with Crippen molar-refractivity contribution in [3.63, 3.8) is 0 Å². The van der Waals surface area contributed by atoms with Gasteiger partial charge in [0.2, 0.25) is 5.88 Å². The molecule has 20 heavy (non-hydrogen) atoms. The Morgan fingerprint density at radius 2 is 2.30 bits per heavy atom. The Hall–Kier alpha value is -1.69. The standard InChI is InChI=1S/C14H18N4OS/c1-11-7-17-14(20-11)18-6-2-3-12(9-18)10-19-13-8-15-4-5-16-13/h4-5,7-8,12H,2-3,6,9-10H2,1H3. The van der Waals surface area contributed by atoms with Crippen LogP contribution in [-0.2, 0) is 0 Å². The summed E-state index contributed by atoms with van der Waals surface area (Å²) in [5.41, 5.74) is 0. The third kappa shape index (κ3) is 3.25. The van der Waals surface area contributed by atoms with Crippen molar-refractivity contribution in [3.05, 3.63) is 29.7 Å². The van der Waals surface area contributed by atoms with E-state index in [9.17, 15) is 0 Å². The Balaban J connectivity index is 1.55. The van der Waals surface area contributed by atoms with E-state index < -0.39 is 0 Å². The molecule has 0 radical (unpaired) electrons. The summed E-state index contributed by atoms with van der Waals surface area (Å²) >= 11 is 1.76. The van der Waals surface area contributed by atoms with Crippen LogP contribution in [0, 0.1) is 12.8 Å². The van der Waals surface area contributed by atoms with Gasteiger partial charge < -0.3 is 9.64 Å². The van der Waals surface area contributed by atoms with E-state index in [1.54, 1.807) is 29.9 Å². The summed E-state index contributed by atoms with van der Waals surface area (Å²) in [4.78, 5) is 16.2. The van der Waals surface area contributed by atoms with Crippen LogP contribution in [0.15, 0.2) is 24.8 Å². The van der Waals surface area contributed by atoms with E-state index in [0.717, 1.165) is 18.2 Å². The van der Waals surface area contributed by atoms with Gasteiger partial charge in [0.05, 0.1) is 12.8 Å². The third-order valence-electron chi connectivity index (χ3n) is 3.40. The highest BCUT2D eigenvalue weighted by Crippen LogP contribution is 2.27. The maximum atomic E-state index is 5.72. The maximum absolute atomic E-state index is 5.72. The first-order valence-electron chi connectivity index (χ1n) is 6.87. The number of aryl methyl sites for hydroxylation is 1. The summed E-state index contributed by atoms with van der Waals surface area (Å²) in [5.74, 6) is 1.13. The van der Waals surface area contributed by atoms with Gasteiger partial charge in [0.1, 0.15) is 0 Å². The van der Waals surface area contributed by atoms with E-state index in [-0.39, 0.29) is 0 Å². The van der Waals surface area contributed by atoms with Crippen LogP contribution in [0.4, 0.5) is 5.13 Å². The molecule has 0 spiro atoms. The molecule has 1 fully saturated rings. The number of piperidine rings is 1. The van der Waals surface area contributed by atoms with Gasteiger partial charge >= 0.3 is 0 Å². The lowest BCUT2D eigenvalue weighted by Crippen LogP contribution is -2.37. The van der Waals surface area contributed by atoms with Crippen LogP contribution in [0.5, 0.6) is 5.88 Å². The molecule has 2 aromatic rings. The van der Waals surface area contributed by atoms with Crippen LogP contribution in [0.2, 0.25) is 0 Å². The third-order valence-corrected chi connectivity index (χ3v) is 4.38. The quantitative estimate of drug-likeness (QED) is 0.866. The highest BCUT2D eigenvalue weighted by atomic mass is 32.1. The highest BCUT2D eigenvalue weighted by Gasteiger charge is 2.22. The van der Waals surface area contributed by atoms with Crippen molar-refractivity contribution in [2.45, 2.75) is 19.8 Å². The Morgan fingerprint density at radius 3 is 3.05 bits per heavy atom. The minimum atomic E-state index is 0.523. The largest absolute Gasteiger partial charge is 0.476 e. The number of nitrogens with zero attached hydrogens (tertiary/aromatic N) is 4. The predicted octanol–water partition coefficient (Wildman–Crippen LogP) is 2.54. The van der Waals surface area contributed by atoms with Crippen molar-refractivity contribution in [3.8, 4) is 5.88 Å². The molecule has 0 saturated carbocycles. The van der Waals surface area contributed by atoms with Crippen LogP contribution in [0.25, 0.3) is 0 Å². The lowest BCUT2D eigenvalue weighted by Gasteiger charge is -2.32. The van der Waals surface area contributed by atoms with E-state index in [1.807, 2.05) is 6.20 Å². The smallest absolute Gasteiger partial charge is 0.232 e. The molecule has 0 N–H and O–H groups in total. The van der Waals surface area contributed by atoms with Gasteiger partial charge in [0.25, 0.3) is 0 Å². The Kier molecular flexibility index (Phi) is 4.11. The molecule has 1 atom stereocenters. The summed E-state index contributed by atoms with van der Waals surface area (Å²) in [7, 11) is 0. The molecule has 0 aliphatic carbocycles. The van der Waals surface area contributed by atoms with Gasteiger partial charge in [-0.1, -0.05) is 0 Å². The second-order valence-electron chi connectivity index (χ2n) is 5.06. The highest BCUT2D eigenvalue weighted by molar-refractivity contribution is 7.15. The number of hydrogen-bond donors (Lipinski definition) is 0. The Labute approximate surface area is 122 Å². The lowest BCUT2D eigenvalue weighted by molar-refractivity contribution is 0.221. The fraction of sp³-hybridized carbons (Fsp3) is 0.500. The summed E-state index contributed by atoms with van der Waals surface area (Å²) in [6.45, 7) is 4.89. The SMILES string of the molecule is Cc1cnc(N2CCCC(COc3cnccn3)C2)s1. The summed E-state index contributed by atoms with van der Waals surface area (Å²) in [6.07, 6.45) is 9.29. The van der Waals surface area contributed by atoms with Crippen molar-refractivity contribution in [2.24, 2.45) is 5.92 Å². The van der Waals surface area contributed by atoms with E-state index in [4.69, 9.17) is 4.74 Å². The first kappa shape index (κ1) is 13.3. The van der Waals surface area contributed by atoms with Gasteiger partial charge in [-0.05, 0) is 19.8 Å². The predicted molar refractivity (Wildman–Crippen MR) is 79.3 cm³/mol. The zero-order valence-electron chi connectivity index (χ0n) is 11.5. The molecule has 1 aliphatic heterocycles. The monoisotopic (exact) mass is 290 g/mol. The minimum Gasteiger partial charge on any atom is -0.476 e. The van der Waals surface area contributed by atoms with E-state index in [2.05, 4.69) is 26.8 Å². The number of anilines is 1. The molecule has 0 amide bonds. The molecule has 1 aliphatic rings. The van der Waals surface area contributed by atoms with Crippen molar-refractivity contribution >= 4 is 16.5 Å². The average Bonchev–Trinajstić information content (AvgIpc) is 2.93. The molecule has 3 heterocycles. The van der Waals surface area contributed by atoms with Crippen LogP contribution in [0.3, 0.4) is 0 Å². The second-order valence-corrected chi connectivity index (χ2v) is 6.28. The van der Waals surface area contributed by atoms with Gasteiger partial charge in [0.15, 0.2) is 5.13 Å². The molecular formula is C14H18N4OS. The van der Waals surface area contributed by atoms with Gasteiger partial charge in [0, 0.05) is 42.5 Å². The van der Waals surface area contributed by atoms with Crippen molar-refractivity contribution in [1.29, 1.82) is 0 Å². The fourth-order valence-corrected chi connectivity index (χ4v) is 3.22. The Morgan fingerprint density at radius 1 is 1.35 bits per heavy atom. The molecular weight excluding hydrogens is 272 g/mol. The van der Waals surface area contributed by atoms with Gasteiger partial charge in [-0.15, -0.1) is 11.3 Å². The summed E-state index contributed by atoms with van der Waals surface area (Å²) in [6, 6.07) is 0. The topological polar surface area (TPSA) is 51.1 Å². The molecule has 0 aromatic carbocycles. The Bertz CT molecular complexity index is 545. The van der Waals surface area contributed by atoms with Crippen molar-refractivity contribution in [2.75, 3.05) is 24.6 Å². The average molecular weight is 290 g/mol. The fourth-order valence-electron chi connectivity index (χ4n) is 2.43. The molecule has 6 heteroatoms. The number of thiazole rings is 1. The molecule has 1 unspecified atom stereocenters. The van der Waals surface area contributed by atoms with Gasteiger partial charge in [-0.3, -0.25) is 4.98 Å². The summed E-state index contributed by atoms with van der Waals surface area (Å²) < 4.78 is 5.72. The molecule has 2 aromatic heterocycles. The van der Waals surface area contributed by atoms with E-state index >= 15 is 0 Å². The molecule has 1 saturated heterocycles. The maximum Gasteiger partial charge on any atom is 0.232 e. The first-order valence-corrected chi connectivity index (χ1v) is 7.69. The molecule has 3 rings (SSSR count). The molecule has 0 bridgehead atoms. The van der Waals surface area contributed by atoms with E-state index in [0.29, 0.717) is 18.4 Å². The van der Waals surface area contributed by atoms with Gasteiger partial charge in [-0.25, -0.2) is 9.97 Å². The number of aromatic nitrogens is 3. The zero-order valence-corrected chi connectivity index (χ0v) is 12.3. The number of rotatable bonds is 4. The molecule has 5 nitrogen and oxygen atoms in total. The molecule has 106 valence electrons. The zero-order chi connectivity index (χ0) is 13.8. The summed E-state index contributed by atoms with van der Waals surface area (Å²) in [5, 5.41) is 1.13. The van der Waals surface area contributed by atoms with Crippen LogP contribution in [-0.4, -0.2) is 34.6 Å². The van der Waals surface area contributed by atoms with Crippen LogP contribution in [0.1, 0.15) is 17.7 Å². The first-order chi connectivity index (χ1) is 9.81. The second kappa shape index (κ2) is 6.17. The van der Waals surface area contributed by atoms with Gasteiger partial charge in [-0.2, -0.15) is 0 Å². The minimum absolute atomic E-state index is 0.523. The van der Waals surface area contributed by atoms with Crippen LogP contribution >= 0.6 is 11.3 Å². The lowest BCUT2D eigenvalue weighted by atomic mass is 9.99. The number of hydrogen-bond acceptors (Lipinski definition) is 6. The van der Waals surface area contributed by atoms with E-state index in [1.165, 1.54) is 17.7 Å².